The molecular formula is C35H22BrN3. The molecule has 39 heavy (non-hydrogen) atoms. The fraction of sp³-hybridized carbons (Fsp3) is 0. The molecule has 0 unspecified atom stereocenters. The Balaban J connectivity index is 1.39. The van der Waals surface area contributed by atoms with Crippen LogP contribution in [0, 0.1) is 0 Å². The van der Waals surface area contributed by atoms with Gasteiger partial charge in [0, 0.05) is 21.2 Å². The first-order valence-electron chi connectivity index (χ1n) is 12.8. The summed E-state index contributed by atoms with van der Waals surface area (Å²) in [5.74, 6) is 1.97. The van der Waals surface area contributed by atoms with Gasteiger partial charge in [-0.15, -0.1) is 0 Å². The van der Waals surface area contributed by atoms with Crippen molar-refractivity contribution in [3.63, 3.8) is 0 Å². The van der Waals surface area contributed by atoms with E-state index < -0.39 is 0 Å². The standard InChI is InChI=1S/C35H22BrN3/c36-32-29-17-9-7-15-27(29)31(28-16-8-10-18-30(28)32)23-19-21-26(22-20-23)35-38-33(24-11-3-1-4-12-24)37-34(39-35)25-13-5-2-6-14-25/h1-22H. The molecule has 0 aliphatic heterocycles. The SMILES string of the molecule is Brc1c2ccccc2c(-c2ccc(-c3nc(-c4ccccc4)nc(-c4ccccc4)n3)cc2)c2ccccc12. The van der Waals surface area contributed by atoms with Crippen molar-refractivity contribution in [2.45, 2.75) is 0 Å². The van der Waals surface area contributed by atoms with E-state index in [0.717, 1.165) is 26.7 Å². The molecule has 6 aromatic carbocycles. The highest BCUT2D eigenvalue weighted by molar-refractivity contribution is 9.10. The molecule has 0 aliphatic carbocycles. The van der Waals surface area contributed by atoms with Crippen LogP contribution in [0.1, 0.15) is 0 Å². The van der Waals surface area contributed by atoms with Crippen LogP contribution in [0.2, 0.25) is 0 Å². The zero-order valence-corrected chi connectivity index (χ0v) is 22.5. The van der Waals surface area contributed by atoms with Crippen molar-refractivity contribution >= 4 is 37.5 Å². The number of benzene rings is 6. The molecule has 0 N–H and O–H groups in total. The van der Waals surface area contributed by atoms with Crippen LogP contribution in [0.25, 0.3) is 66.8 Å². The van der Waals surface area contributed by atoms with Crippen LogP contribution in [-0.2, 0) is 0 Å². The Labute approximate surface area is 235 Å². The summed E-state index contributed by atoms with van der Waals surface area (Å²) in [5.41, 5.74) is 5.24. The summed E-state index contributed by atoms with van der Waals surface area (Å²) in [6.45, 7) is 0. The molecule has 3 nitrogen and oxygen atoms in total. The molecule has 184 valence electrons. The Morgan fingerprint density at radius 2 is 0.667 bits per heavy atom. The van der Waals surface area contributed by atoms with Crippen molar-refractivity contribution in [2.75, 3.05) is 0 Å². The summed E-state index contributed by atoms with van der Waals surface area (Å²) in [6, 6.07) is 45.8. The fourth-order valence-electron chi connectivity index (χ4n) is 5.11. The number of fused-ring (bicyclic) bond motifs is 2. The highest BCUT2D eigenvalue weighted by Gasteiger charge is 2.15. The van der Waals surface area contributed by atoms with E-state index in [1.54, 1.807) is 0 Å². The van der Waals surface area contributed by atoms with Gasteiger partial charge in [0.15, 0.2) is 17.5 Å². The van der Waals surface area contributed by atoms with Crippen LogP contribution >= 0.6 is 15.9 Å². The van der Waals surface area contributed by atoms with E-state index in [0.29, 0.717) is 17.5 Å². The van der Waals surface area contributed by atoms with Gasteiger partial charge in [0.05, 0.1) is 0 Å². The molecule has 0 aliphatic rings. The maximum atomic E-state index is 4.88. The van der Waals surface area contributed by atoms with E-state index in [1.165, 1.54) is 27.1 Å². The van der Waals surface area contributed by atoms with Gasteiger partial charge in [-0.25, -0.2) is 15.0 Å². The Kier molecular flexibility index (Phi) is 5.95. The number of hydrogen-bond acceptors (Lipinski definition) is 3. The lowest BCUT2D eigenvalue weighted by Gasteiger charge is -2.15. The van der Waals surface area contributed by atoms with Crippen molar-refractivity contribution < 1.29 is 0 Å². The zero-order chi connectivity index (χ0) is 26.2. The Bertz CT molecular complexity index is 1840. The van der Waals surface area contributed by atoms with E-state index >= 15 is 0 Å². The lowest BCUT2D eigenvalue weighted by atomic mass is 9.91. The van der Waals surface area contributed by atoms with E-state index in [-0.39, 0.29) is 0 Å². The third-order valence-corrected chi connectivity index (χ3v) is 7.85. The van der Waals surface area contributed by atoms with Gasteiger partial charge in [0.25, 0.3) is 0 Å². The van der Waals surface area contributed by atoms with E-state index in [1.807, 2.05) is 60.7 Å². The van der Waals surface area contributed by atoms with Crippen LogP contribution in [0.3, 0.4) is 0 Å². The molecule has 1 heterocycles. The second-order valence-electron chi connectivity index (χ2n) is 9.40. The Morgan fingerprint density at radius 1 is 0.333 bits per heavy atom. The van der Waals surface area contributed by atoms with Gasteiger partial charge < -0.3 is 0 Å². The topological polar surface area (TPSA) is 38.7 Å². The molecule has 4 heteroatoms. The molecule has 0 saturated carbocycles. The predicted octanol–water partition coefficient (Wildman–Crippen LogP) is 9.61. The van der Waals surface area contributed by atoms with Crippen molar-refractivity contribution in [3.8, 4) is 45.3 Å². The first-order chi connectivity index (χ1) is 19.3. The minimum atomic E-state index is 0.653. The summed E-state index contributed by atoms with van der Waals surface area (Å²) in [4.78, 5) is 14.6. The molecule has 1 aromatic heterocycles. The van der Waals surface area contributed by atoms with Crippen molar-refractivity contribution in [2.24, 2.45) is 0 Å². The highest BCUT2D eigenvalue weighted by atomic mass is 79.9. The summed E-state index contributed by atoms with van der Waals surface area (Å²) in [5, 5.41) is 4.84. The van der Waals surface area contributed by atoms with Crippen molar-refractivity contribution in [1.29, 1.82) is 0 Å². The van der Waals surface area contributed by atoms with E-state index in [9.17, 15) is 0 Å². The molecule has 0 atom stereocenters. The van der Waals surface area contributed by atoms with Gasteiger partial charge in [-0.3, -0.25) is 0 Å². The van der Waals surface area contributed by atoms with Gasteiger partial charge in [-0.1, -0.05) is 133 Å². The molecule has 0 bridgehead atoms. The van der Waals surface area contributed by atoms with Crippen LogP contribution < -0.4 is 0 Å². The second-order valence-corrected chi connectivity index (χ2v) is 10.2. The van der Waals surface area contributed by atoms with E-state index in [4.69, 9.17) is 15.0 Å². The zero-order valence-electron chi connectivity index (χ0n) is 20.9. The molecule has 0 fully saturated rings. The second kappa shape index (κ2) is 9.90. The Hall–Kier alpha value is -4.67. The molecular weight excluding hydrogens is 542 g/mol. The average Bonchev–Trinajstić information content (AvgIpc) is 3.02. The summed E-state index contributed by atoms with van der Waals surface area (Å²) < 4.78 is 1.13. The summed E-state index contributed by atoms with van der Waals surface area (Å²) >= 11 is 3.86. The molecule has 7 rings (SSSR count). The average molecular weight is 564 g/mol. The smallest absolute Gasteiger partial charge is 0.164 e. The van der Waals surface area contributed by atoms with Crippen molar-refractivity contribution in [1.82, 2.24) is 15.0 Å². The first kappa shape index (κ1) is 23.4. The number of halogens is 1. The maximum absolute atomic E-state index is 4.88. The Morgan fingerprint density at radius 3 is 1.10 bits per heavy atom. The van der Waals surface area contributed by atoms with Gasteiger partial charge in [-0.05, 0) is 48.6 Å². The largest absolute Gasteiger partial charge is 0.208 e. The number of nitrogens with zero attached hydrogens (tertiary/aromatic N) is 3. The van der Waals surface area contributed by atoms with Gasteiger partial charge in [0.2, 0.25) is 0 Å². The van der Waals surface area contributed by atoms with E-state index in [2.05, 4.69) is 88.7 Å². The van der Waals surface area contributed by atoms with Crippen molar-refractivity contribution in [3.05, 3.63) is 138 Å². The lowest BCUT2D eigenvalue weighted by Crippen LogP contribution is -2.00. The molecule has 0 amide bonds. The molecule has 0 spiro atoms. The van der Waals surface area contributed by atoms with Gasteiger partial charge >= 0.3 is 0 Å². The molecule has 0 saturated heterocycles. The normalized spacial score (nSPS) is 11.2. The maximum Gasteiger partial charge on any atom is 0.164 e. The third-order valence-electron chi connectivity index (χ3n) is 7.00. The monoisotopic (exact) mass is 563 g/mol. The number of hydrogen-bond donors (Lipinski definition) is 0. The summed E-state index contributed by atoms with van der Waals surface area (Å²) in [7, 11) is 0. The minimum Gasteiger partial charge on any atom is -0.208 e. The molecule has 7 aromatic rings. The molecule has 0 radical (unpaired) electrons. The number of aromatic nitrogens is 3. The first-order valence-corrected chi connectivity index (χ1v) is 13.6. The van der Waals surface area contributed by atoms with Gasteiger partial charge in [-0.2, -0.15) is 0 Å². The number of rotatable bonds is 4. The van der Waals surface area contributed by atoms with Crippen LogP contribution in [0.15, 0.2) is 138 Å². The van der Waals surface area contributed by atoms with Crippen LogP contribution in [-0.4, -0.2) is 15.0 Å². The summed E-state index contributed by atoms with van der Waals surface area (Å²) in [6.07, 6.45) is 0. The van der Waals surface area contributed by atoms with Gasteiger partial charge in [0.1, 0.15) is 0 Å². The highest BCUT2D eigenvalue weighted by Crippen LogP contribution is 2.41. The minimum absolute atomic E-state index is 0.653. The lowest BCUT2D eigenvalue weighted by molar-refractivity contribution is 1.07. The predicted molar refractivity (Wildman–Crippen MR) is 164 cm³/mol. The quantitative estimate of drug-likeness (QED) is 0.200. The van der Waals surface area contributed by atoms with Crippen LogP contribution in [0.5, 0.6) is 0 Å². The fourth-order valence-corrected chi connectivity index (χ4v) is 5.80. The third kappa shape index (κ3) is 4.29. The van der Waals surface area contributed by atoms with Crippen LogP contribution in [0.4, 0.5) is 0 Å².